The van der Waals surface area contributed by atoms with Crippen molar-refractivity contribution in [3.63, 3.8) is 0 Å². The summed E-state index contributed by atoms with van der Waals surface area (Å²) in [7, 11) is 1.67. The molecule has 0 saturated carbocycles. The first-order valence-corrected chi connectivity index (χ1v) is 8.92. The summed E-state index contributed by atoms with van der Waals surface area (Å²) in [6, 6.07) is 11.9. The summed E-state index contributed by atoms with van der Waals surface area (Å²) in [5.74, 6) is 0.117. The van der Waals surface area contributed by atoms with Gasteiger partial charge in [0.1, 0.15) is 5.75 Å². The first-order chi connectivity index (χ1) is 13.1. The Balaban J connectivity index is 2.00. The van der Waals surface area contributed by atoms with E-state index < -0.39 is 5.91 Å². The highest BCUT2D eigenvalue weighted by Gasteiger charge is 2.23. The molecule has 2 aromatic carbocycles. The fourth-order valence-electron chi connectivity index (χ4n) is 3.88. The Morgan fingerprint density at radius 1 is 1.19 bits per heavy atom. The maximum absolute atomic E-state index is 12.3. The molecule has 27 heavy (non-hydrogen) atoms. The number of ether oxygens (including phenoxy) is 2. The number of nitrogens with zero attached hydrogens (tertiary/aromatic N) is 2. The van der Waals surface area contributed by atoms with Crippen LogP contribution in [0.15, 0.2) is 41.4 Å². The fraction of sp³-hybridized carbons (Fsp3) is 0.300. The van der Waals surface area contributed by atoms with Crippen LogP contribution in [-0.4, -0.2) is 36.8 Å². The number of carbonyl (C=O) groups excluding carboxylic acids is 1. The minimum absolute atomic E-state index is 0.244. The molecule has 0 radical (unpaired) electrons. The molecular weight excluding hydrogens is 344 g/mol. The number of nitrogens with two attached hydrogens (primary N) is 2. The van der Waals surface area contributed by atoms with E-state index in [1.165, 1.54) is 0 Å². The van der Waals surface area contributed by atoms with Crippen molar-refractivity contribution >= 4 is 33.7 Å². The van der Waals surface area contributed by atoms with Gasteiger partial charge >= 0.3 is 0 Å². The monoisotopic (exact) mass is 366 g/mol. The summed E-state index contributed by atoms with van der Waals surface area (Å²) >= 11 is 0. The topological polar surface area (TPSA) is 105 Å². The number of aliphatic imine (C=N–C) groups is 1. The molecule has 0 spiro atoms. The second-order valence-corrected chi connectivity index (χ2v) is 6.64. The lowest BCUT2D eigenvalue weighted by Gasteiger charge is -2.25. The number of hydrogen-bond donors (Lipinski definition) is 2. The van der Waals surface area contributed by atoms with Crippen LogP contribution in [0.3, 0.4) is 0 Å². The number of carbonyl (C=O) groups is 1. The maximum atomic E-state index is 12.3. The van der Waals surface area contributed by atoms with Gasteiger partial charge in [-0.25, -0.2) is 0 Å². The van der Waals surface area contributed by atoms with Gasteiger partial charge in [0.05, 0.1) is 18.1 Å². The fourth-order valence-corrected chi connectivity index (χ4v) is 3.88. The Morgan fingerprint density at radius 3 is 2.67 bits per heavy atom. The number of rotatable bonds is 3. The second-order valence-electron chi connectivity index (χ2n) is 6.64. The zero-order valence-electron chi connectivity index (χ0n) is 15.1. The van der Waals surface area contributed by atoms with Crippen molar-refractivity contribution in [2.75, 3.05) is 20.3 Å². The largest absolute Gasteiger partial charge is 0.496 e. The van der Waals surface area contributed by atoms with E-state index in [0.717, 1.165) is 53.6 Å². The molecule has 2 heterocycles. The molecule has 0 bridgehead atoms. The van der Waals surface area contributed by atoms with Gasteiger partial charge in [-0.3, -0.25) is 4.79 Å². The van der Waals surface area contributed by atoms with Gasteiger partial charge in [-0.2, -0.15) is 4.99 Å². The highest BCUT2D eigenvalue weighted by atomic mass is 16.5. The van der Waals surface area contributed by atoms with Crippen LogP contribution in [0.1, 0.15) is 29.2 Å². The van der Waals surface area contributed by atoms with Crippen molar-refractivity contribution in [2.45, 2.75) is 18.9 Å². The summed E-state index contributed by atoms with van der Waals surface area (Å²) in [6.07, 6.45) is 1.84. The Morgan fingerprint density at radius 2 is 1.96 bits per heavy atom. The number of benzene rings is 2. The number of hydrogen-bond acceptors (Lipinski definition) is 3. The van der Waals surface area contributed by atoms with Gasteiger partial charge in [-0.15, -0.1) is 0 Å². The standard InChI is InChI=1S/C20H22N4O3/c1-26-17-4-2-3-15-18(17)14-6-5-12(19(25)23-20(21)22)11-16(14)24(15)13-7-9-27-10-8-13/h2-6,11,13H,7-10H2,1H3,(H4,21,22,23,25). The van der Waals surface area contributed by atoms with Crippen molar-refractivity contribution in [1.82, 2.24) is 4.57 Å². The number of aromatic nitrogens is 1. The van der Waals surface area contributed by atoms with E-state index in [2.05, 4.69) is 15.6 Å². The van der Waals surface area contributed by atoms with E-state index in [-0.39, 0.29) is 5.96 Å². The first kappa shape index (κ1) is 17.4. The molecule has 1 saturated heterocycles. The average molecular weight is 366 g/mol. The molecule has 4 rings (SSSR count). The molecule has 1 fully saturated rings. The van der Waals surface area contributed by atoms with E-state index in [9.17, 15) is 4.79 Å². The minimum Gasteiger partial charge on any atom is -0.496 e. The molecule has 3 aromatic rings. The van der Waals surface area contributed by atoms with Gasteiger partial charge in [0, 0.05) is 35.6 Å². The normalized spacial score (nSPS) is 15.1. The summed E-state index contributed by atoms with van der Waals surface area (Å²) < 4.78 is 13.4. The Bertz CT molecular complexity index is 1040. The maximum Gasteiger partial charge on any atom is 0.280 e. The summed E-state index contributed by atoms with van der Waals surface area (Å²) in [4.78, 5) is 16.0. The highest BCUT2D eigenvalue weighted by Crippen LogP contribution is 2.39. The molecule has 1 amide bonds. The zero-order valence-corrected chi connectivity index (χ0v) is 15.1. The lowest BCUT2D eigenvalue weighted by molar-refractivity contribution is 0.0717. The van der Waals surface area contributed by atoms with Gasteiger partial charge in [-0.1, -0.05) is 12.1 Å². The number of amides is 1. The Hall–Kier alpha value is -3.06. The molecule has 7 heteroatoms. The molecule has 1 aromatic heterocycles. The molecule has 0 unspecified atom stereocenters. The van der Waals surface area contributed by atoms with Crippen molar-refractivity contribution in [3.8, 4) is 5.75 Å². The van der Waals surface area contributed by atoms with E-state index in [1.54, 1.807) is 13.2 Å². The zero-order chi connectivity index (χ0) is 19.0. The van der Waals surface area contributed by atoms with Crippen molar-refractivity contribution in [1.29, 1.82) is 0 Å². The molecule has 0 aliphatic carbocycles. The predicted molar refractivity (Wildman–Crippen MR) is 105 cm³/mol. The third-order valence-corrected chi connectivity index (χ3v) is 5.04. The van der Waals surface area contributed by atoms with Crippen LogP contribution in [-0.2, 0) is 4.74 Å². The number of guanidine groups is 1. The van der Waals surface area contributed by atoms with Gasteiger partial charge < -0.3 is 25.5 Å². The van der Waals surface area contributed by atoms with Crippen LogP contribution in [0.4, 0.5) is 0 Å². The van der Waals surface area contributed by atoms with Crippen LogP contribution in [0, 0.1) is 0 Å². The van der Waals surface area contributed by atoms with E-state index >= 15 is 0 Å². The van der Waals surface area contributed by atoms with Gasteiger partial charge in [0.15, 0.2) is 5.96 Å². The molecule has 0 atom stereocenters. The second kappa shape index (κ2) is 6.92. The van der Waals surface area contributed by atoms with E-state index in [1.807, 2.05) is 24.3 Å². The molecular formula is C20H22N4O3. The SMILES string of the molecule is COc1cccc2c1c1ccc(C(=O)N=C(N)N)cc1n2C1CCOCC1. The molecule has 4 N–H and O–H groups in total. The third-order valence-electron chi connectivity index (χ3n) is 5.04. The first-order valence-electron chi connectivity index (χ1n) is 8.92. The molecule has 7 nitrogen and oxygen atoms in total. The van der Waals surface area contributed by atoms with Crippen molar-refractivity contribution < 1.29 is 14.3 Å². The van der Waals surface area contributed by atoms with Crippen molar-refractivity contribution in [2.24, 2.45) is 16.5 Å². The average Bonchev–Trinajstić information content (AvgIpc) is 3.01. The van der Waals surface area contributed by atoms with Crippen LogP contribution >= 0.6 is 0 Å². The predicted octanol–water partition coefficient (Wildman–Crippen LogP) is 2.57. The van der Waals surface area contributed by atoms with Crippen LogP contribution in [0.5, 0.6) is 5.75 Å². The Kier molecular flexibility index (Phi) is 4.45. The summed E-state index contributed by atoms with van der Waals surface area (Å²) in [5, 5.41) is 2.08. The molecule has 140 valence electrons. The Labute approximate surface area is 156 Å². The van der Waals surface area contributed by atoms with Gasteiger partial charge in [0.25, 0.3) is 5.91 Å². The lowest BCUT2D eigenvalue weighted by Crippen LogP contribution is -2.24. The minimum atomic E-state index is -0.451. The van der Waals surface area contributed by atoms with E-state index in [0.29, 0.717) is 11.6 Å². The van der Waals surface area contributed by atoms with Gasteiger partial charge in [-0.05, 0) is 37.1 Å². The lowest BCUT2D eigenvalue weighted by atomic mass is 10.1. The molecule has 1 aliphatic rings. The van der Waals surface area contributed by atoms with Crippen molar-refractivity contribution in [3.05, 3.63) is 42.0 Å². The van der Waals surface area contributed by atoms with Gasteiger partial charge in [0.2, 0.25) is 0 Å². The smallest absolute Gasteiger partial charge is 0.280 e. The quantitative estimate of drug-likeness (QED) is 0.547. The summed E-state index contributed by atoms with van der Waals surface area (Å²) in [6.45, 7) is 1.45. The summed E-state index contributed by atoms with van der Waals surface area (Å²) in [5.41, 5.74) is 13.2. The number of fused-ring (bicyclic) bond motifs is 3. The van der Waals surface area contributed by atoms with Crippen LogP contribution < -0.4 is 16.2 Å². The van der Waals surface area contributed by atoms with E-state index in [4.69, 9.17) is 20.9 Å². The number of methoxy groups -OCH3 is 1. The van der Waals surface area contributed by atoms with Crippen LogP contribution in [0.25, 0.3) is 21.8 Å². The third kappa shape index (κ3) is 3.00. The van der Waals surface area contributed by atoms with Crippen LogP contribution in [0.2, 0.25) is 0 Å². The molecule has 1 aliphatic heterocycles. The highest BCUT2D eigenvalue weighted by molar-refractivity contribution is 6.13.